The predicted octanol–water partition coefficient (Wildman–Crippen LogP) is 5.63. The maximum atomic E-state index is 11.9. The lowest BCUT2D eigenvalue weighted by atomic mass is 9.91. The Morgan fingerprint density at radius 3 is 2.48 bits per heavy atom. The summed E-state index contributed by atoms with van der Waals surface area (Å²) in [5, 5.41) is 0. The maximum absolute atomic E-state index is 11.9. The number of allylic oxidation sites excluding steroid dienone is 2. The number of hydrogen-bond donors (Lipinski definition) is 0. The van der Waals surface area contributed by atoms with E-state index in [2.05, 4.69) is 55.3 Å². The molecule has 1 aromatic carbocycles. The number of ether oxygens (including phenoxy) is 1. The topological polar surface area (TPSA) is 43.6 Å². The van der Waals surface area contributed by atoms with Crippen LogP contribution in [-0.2, 0) is 4.74 Å². The number of nitrogens with zero attached hydrogens (tertiary/aromatic N) is 2. The third-order valence-corrected chi connectivity index (χ3v) is 4.35. The fourth-order valence-electron chi connectivity index (χ4n) is 3.30. The van der Waals surface area contributed by atoms with Crippen molar-refractivity contribution >= 4 is 17.1 Å². The van der Waals surface area contributed by atoms with Gasteiger partial charge in [-0.25, -0.2) is 9.78 Å². The van der Waals surface area contributed by atoms with Crippen molar-refractivity contribution in [2.75, 3.05) is 6.61 Å². The Labute approximate surface area is 160 Å². The first-order chi connectivity index (χ1) is 12.8. The van der Waals surface area contributed by atoms with E-state index in [0.29, 0.717) is 12.2 Å². The van der Waals surface area contributed by atoms with Gasteiger partial charge in [-0.2, -0.15) is 0 Å². The number of carbonyl (C=O) groups is 1. The molecule has 3 rings (SSSR count). The number of aromatic nitrogens is 2. The first-order valence-corrected chi connectivity index (χ1v) is 9.22. The average Bonchev–Trinajstić information content (AvgIpc) is 3.09. The minimum Gasteiger partial charge on any atom is -0.462 e. The molecule has 27 heavy (non-hydrogen) atoms. The van der Waals surface area contributed by atoms with Gasteiger partial charge in [-0.3, -0.25) is 4.40 Å². The molecule has 4 nitrogen and oxygen atoms in total. The smallest absolute Gasteiger partial charge is 0.338 e. The van der Waals surface area contributed by atoms with Gasteiger partial charge in [0.2, 0.25) is 0 Å². The highest BCUT2D eigenvalue weighted by Crippen LogP contribution is 2.29. The molecule has 0 amide bonds. The van der Waals surface area contributed by atoms with Gasteiger partial charge in [0.05, 0.1) is 35.9 Å². The molecule has 0 spiro atoms. The zero-order chi connectivity index (χ0) is 19.6. The maximum Gasteiger partial charge on any atom is 0.338 e. The summed E-state index contributed by atoms with van der Waals surface area (Å²) in [7, 11) is 0. The van der Waals surface area contributed by atoms with Crippen LogP contribution in [0.4, 0.5) is 0 Å². The third-order valence-electron chi connectivity index (χ3n) is 4.35. The van der Waals surface area contributed by atoms with Crippen molar-refractivity contribution in [3.63, 3.8) is 0 Å². The molecule has 140 valence electrons. The second kappa shape index (κ2) is 7.39. The first kappa shape index (κ1) is 18.9. The van der Waals surface area contributed by atoms with Gasteiger partial charge in [-0.15, -0.1) is 0 Å². The summed E-state index contributed by atoms with van der Waals surface area (Å²) < 4.78 is 7.14. The Kier molecular flexibility index (Phi) is 5.17. The Morgan fingerprint density at radius 1 is 1.15 bits per heavy atom. The van der Waals surface area contributed by atoms with Crippen LogP contribution < -0.4 is 0 Å². The summed E-state index contributed by atoms with van der Waals surface area (Å²) in [4.78, 5) is 16.2. The lowest BCUT2D eigenvalue weighted by Crippen LogP contribution is -2.04. The van der Waals surface area contributed by atoms with Crippen molar-refractivity contribution in [3.05, 3.63) is 66.1 Å². The van der Waals surface area contributed by atoms with Crippen LogP contribution in [0.25, 0.3) is 22.3 Å². The number of hydrogen-bond acceptors (Lipinski definition) is 3. The third kappa shape index (κ3) is 4.11. The Bertz CT molecular complexity index is 989. The molecule has 0 N–H and O–H groups in total. The zero-order valence-corrected chi connectivity index (χ0v) is 16.6. The number of benzene rings is 1. The van der Waals surface area contributed by atoms with E-state index in [9.17, 15) is 4.79 Å². The van der Waals surface area contributed by atoms with Gasteiger partial charge in [0.1, 0.15) is 0 Å². The summed E-state index contributed by atoms with van der Waals surface area (Å²) in [6.07, 6.45) is 6.01. The van der Waals surface area contributed by atoms with E-state index >= 15 is 0 Å². The normalized spacial score (nSPS) is 12.4. The Morgan fingerprint density at radius 2 is 1.85 bits per heavy atom. The van der Waals surface area contributed by atoms with Gasteiger partial charge >= 0.3 is 5.97 Å². The fourth-order valence-corrected chi connectivity index (χ4v) is 3.30. The number of imidazole rings is 1. The summed E-state index contributed by atoms with van der Waals surface area (Å²) in [6.45, 7) is 10.9. The summed E-state index contributed by atoms with van der Waals surface area (Å²) in [5.74, 6) is -0.296. The minimum absolute atomic E-state index is 0.114. The van der Waals surface area contributed by atoms with Crippen LogP contribution in [0.5, 0.6) is 0 Å². The van der Waals surface area contributed by atoms with Crippen LogP contribution in [0.3, 0.4) is 0 Å². The van der Waals surface area contributed by atoms with E-state index in [1.165, 1.54) is 11.1 Å². The molecule has 2 aromatic heterocycles. The van der Waals surface area contributed by atoms with Crippen LogP contribution in [-0.4, -0.2) is 22.0 Å². The molecular formula is C23H26N2O2. The van der Waals surface area contributed by atoms with Crippen LogP contribution in [0.1, 0.15) is 50.5 Å². The number of carbonyl (C=O) groups excluding carboxylic acids is 1. The van der Waals surface area contributed by atoms with Gasteiger partial charge in [-0.1, -0.05) is 45.0 Å². The van der Waals surface area contributed by atoms with Crippen LogP contribution in [0, 0.1) is 5.41 Å². The van der Waals surface area contributed by atoms with Crippen molar-refractivity contribution in [2.45, 2.75) is 34.6 Å². The van der Waals surface area contributed by atoms with E-state index in [-0.39, 0.29) is 11.4 Å². The van der Waals surface area contributed by atoms with Crippen LogP contribution in [0.2, 0.25) is 0 Å². The fraction of sp³-hybridized carbons (Fsp3) is 0.304. The summed E-state index contributed by atoms with van der Waals surface area (Å²) in [5.41, 5.74) is 6.21. The molecule has 0 radical (unpaired) electrons. The Balaban J connectivity index is 2.03. The number of esters is 1. The average molecular weight is 362 g/mol. The van der Waals surface area contributed by atoms with E-state index in [1.807, 2.05) is 24.7 Å². The number of fused-ring (bicyclic) bond motifs is 1. The quantitative estimate of drug-likeness (QED) is 0.565. The van der Waals surface area contributed by atoms with Crippen molar-refractivity contribution in [2.24, 2.45) is 5.41 Å². The van der Waals surface area contributed by atoms with Gasteiger partial charge in [0, 0.05) is 5.56 Å². The molecule has 0 aliphatic rings. The van der Waals surface area contributed by atoms with E-state index < -0.39 is 0 Å². The molecule has 0 unspecified atom stereocenters. The zero-order valence-electron chi connectivity index (χ0n) is 16.6. The van der Waals surface area contributed by atoms with E-state index in [4.69, 9.17) is 4.74 Å². The summed E-state index contributed by atoms with van der Waals surface area (Å²) in [6, 6.07) is 11.7. The highest BCUT2D eigenvalue weighted by molar-refractivity contribution is 5.90. The lowest BCUT2D eigenvalue weighted by Gasteiger charge is -2.16. The first-order valence-electron chi connectivity index (χ1n) is 9.22. The molecule has 0 atom stereocenters. The molecule has 0 aliphatic heterocycles. The SMILES string of the molecule is CCOC(=O)c1ccc(-c2ccc(/C(C)=C/C(C)(C)C)c3cncn23)cc1. The lowest BCUT2D eigenvalue weighted by molar-refractivity contribution is 0.0526. The minimum atomic E-state index is -0.296. The summed E-state index contributed by atoms with van der Waals surface area (Å²) >= 11 is 0. The van der Waals surface area contributed by atoms with Crippen molar-refractivity contribution in [3.8, 4) is 11.3 Å². The number of rotatable bonds is 4. The van der Waals surface area contributed by atoms with E-state index in [1.54, 1.807) is 19.1 Å². The molecule has 0 saturated carbocycles. The standard InChI is InChI=1S/C23H26N2O2/c1-6-27-22(26)18-9-7-17(8-10-18)20-12-11-19(16(2)13-23(3,4)5)21-14-24-15-25(20)21/h7-15H,6H2,1-5H3/b16-13+. The van der Waals surface area contributed by atoms with Crippen molar-refractivity contribution in [1.82, 2.24) is 9.38 Å². The van der Waals surface area contributed by atoms with E-state index in [0.717, 1.165) is 16.8 Å². The van der Waals surface area contributed by atoms with Gasteiger partial charge in [-0.05, 0) is 48.6 Å². The van der Waals surface area contributed by atoms with Crippen LogP contribution >= 0.6 is 0 Å². The molecule has 0 aliphatic carbocycles. The Hall–Kier alpha value is -2.88. The van der Waals surface area contributed by atoms with Gasteiger partial charge < -0.3 is 4.74 Å². The predicted molar refractivity (Wildman–Crippen MR) is 110 cm³/mol. The molecule has 0 fully saturated rings. The monoisotopic (exact) mass is 362 g/mol. The van der Waals surface area contributed by atoms with Crippen molar-refractivity contribution in [1.29, 1.82) is 0 Å². The number of pyridine rings is 1. The second-order valence-electron chi connectivity index (χ2n) is 7.77. The second-order valence-corrected chi connectivity index (χ2v) is 7.77. The molecule has 3 aromatic rings. The highest BCUT2D eigenvalue weighted by atomic mass is 16.5. The molecule has 2 heterocycles. The van der Waals surface area contributed by atoms with Gasteiger partial charge in [0.25, 0.3) is 0 Å². The molecule has 0 saturated heterocycles. The largest absolute Gasteiger partial charge is 0.462 e. The van der Waals surface area contributed by atoms with Gasteiger partial charge in [0.15, 0.2) is 0 Å². The molecular weight excluding hydrogens is 336 g/mol. The molecule has 4 heteroatoms. The van der Waals surface area contributed by atoms with Crippen molar-refractivity contribution < 1.29 is 9.53 Å². The van der Waals surface area contributed by atoms with Crippen LogP contribution in [0.15, 0.2) is 55.0 Å². The highest BCUT2D eigenvalue weighted by Gasteiger charge is 2.13. The molecule has 0 bridgehead atoms.